The van der Waals surface area contributed by atoms with Crippen LogP contribution in [-0.2, 0) is 11.2 Å². The number of aromatic nitrogens is 2. The third-order valence-corrected chi connectivity index (χ3v) is 7.24. The zero-order chi connectivity index (χ0) is 20.7. The van der Waals surface area contributed by atoms with E-state index < -0.39 is 5.97 Å². The standard InChI is InChI=1S/C22H24ClN3O2S/c1-4-16-17(15-6-5-12(2)13(3)11-15)18-19(24-22(23)25-20(18)29-16)26-9-7-14(8-10-26)21(27)28/h5-6,11,14H,4,7-10H2,1-3H3,(H,27,28). The molecule has 7 heteroatoms. The Morgan fingerprint density at radius 2 is 1.97 bits per heavy atom. The van der Waals surface area contributed by atoms with Crippen LogP contribution in [0.15, 0.2) is 18.2 Å². The topological polar surface area (TPSA) is 66.3 Å². The Morgan fingerprint density at radius 1 is 1.24 bits per heavy atom. The molecule has 152 valence electrons. The van der Waals surface area contributed by atoms with Gasteiger partial charge in [0.1, 0.15) is 10.6 Å². The Balaban J connectivity index is 1.88. The van der Waals surface area contributed by atoms with Gasteiger partial charge in [-0.2, -0.15) is 4.98 Å². The van der Waals surface area contributed by atoms with E-state index in [4.69, 9.17) is 11.6 Å². The highest BCUT2D eigenvalue weighted by atomic mass is 35.5. The molecule has 1 aliphatic rings. The fourth-order valence-corrected chi connectivity index (χ4v) is 5.36. The maximum absolute atomic E-state index is 11.3. The Morgan fingerprint density at radius 3 is 2.59 bits per heavy atom. The molecule has 1 fully saturated rings. The largest absolute Gasteiger partial charge is 0.481 e. The number of hydrogen-bond acceptors (Lipinski definition) is 5. The van der Waals surface area contributed by atoms with Gasteiger partial charge >= 0.3 is 5.97 Å². The van der Waals surface area contributed by atoms with Crippen LogP contribution in [0.3, 0.4) is 0 Å². The lowest BCUT2D eigenvalue weighted by molar-refractivity contribution is -0.142. The first kappa shape index (κ1) is 20.1. The number of fused-ring (bicyclic) bond motifs is 1. The number of carboxylic acids is 1. The molecule has 1 aromatic carbocycles. The molecule has 29 heavy (non-hydrogen) atoms. The minimum absolute atomic E-state index is 0.239. The Labute approximate surface area is 179 Å². The number of hydrogen-bond donors (Lipinski definition) is 1. The molecule has 0 radical (unpaired) electrons. The number of carbonyl (C=O) groups is 1. The summed E-state index contributed by atoms with van der Waals surface area (Å²) >= 11 is 7.95. The van der Waals surface area contributed by atoms with Gasteiger partial charge in [-0.25, -0.2) is 4.98 Å². The summed E-state index contributed by atoms with van der Waals surface area (Å²) in [4.78, 5) is 24.8. The normalized spacial score (nSPS) is 15.2. The van der Waals surface area contributed by atoms with Crippen LogP contribution >= 0.6 is 22.9 Å². The SMILES string of the molecule is CCc1sc2nc(Cl)nc(N3CCC(C(=O)O)CC3)c2c1-c1ccc(C)c(C)c1. The van der Waals surface area contributed by atoms with Gasteiger partial charge in [0.15, 0.2) is 0 Å². The van der Waals surface area contributed by atoms with Gasteiger partial charge < -0.3 is 10.0 Å². The summed E-state index contributed by atoms with van der Waals surface area (Å²) in [5.74, 6) is -0.171. The summed E-state index contributed by atoms with van der Waals surface area (Å²) in [6.45, 7) is 7.71. The summed E-state index contributed by atoms with van der Waals surface area (Å²) in [6, 6.07) is 6.55. The molecule has 0 amide bonds. The number of aliphatic carboxylic acids is 1. The Kier molecular flexibility index (Phi) is 5.49. The van der Waals surface area contributed by atoms with Crippen molar-refractivity contribution in [2.24, 2.45) is 5.92 Å². The lowest BCUT2D eigenvalue weighted by Crippen LogP contribution is -2.37. The van der Waals surface area contributed by atoms with Gasteiger partial charge in [0.05, 0.1) is 11.3 Å². The second-order valence-corrected chi connectivity index (χ2v) is 9.07. The predicted octanol–water partition coefficient (Wildman–Crippen LogP) is 5.49. The molecule has 0 atom stereocenters. The van der Waals surface area contributed by atoms with Gasteiger partial charge in [-0.3, -0.25) is 4.79 Å². The van der Waals surface area contributed by atoms with Gasteiger partial charge in [-0.1, -0.05) is 25.1 Å². The maximum atomic E-state index is 11.3. The quantitative estimate of drug-likeness (QED) is 0.555. The number of benzene rings is 1. The number of halogens is 1. The molecule has 0 aliphatic carbocycles. The van der Waals surface area contributed by atoms with Crippen molar-refractivity contribution in [1.82, 2.24) is 9.97 Å². The fourth-order valence-electron chi connectivity index (χ4n) is 4.02. The second-order valence-electron chi connectivity index (χ2n) is 7.65. The number of carboxylic acid groups (broad SMARTS) is 1. The smallest absolute Gasteiger partial charge is 0.306 e. The van der Waals surface area contributed by atoms with Crippen molar-refractivity contribution < 1.29 is 9.90 Å². The average molecular weight is 430 g/mol. The third kappa shape index (κ3) is 3.71. The van der Waals surface area contributed by atoms with E-state index in [9.17, 15) is 9.90 Å². The van der Waals surface area contributed by atoms with Crippen molar-refractivity contribution in [1.29, 1.82) is 0 Å². The van der Waals surface area contributed by atoms with E-state index in [1.165, 1.54) is 27.1 Å². The van der Waals surface area contributed by atoms with E-state index in [0.29, 0.717) is 25.9 Å². The number of aryl methyl sites for hydroxylation is 3. The van der Waals surface area contributed by atoms with Crippen LogP contribution in [0, 0.1) is 19.8 Å². The van der Waals surface area contributed by atoms with Gasteiger partial charge in [0, 0.05) is 23.5 Å². The van der Waals surface area contributed by atoms with Gasteiger partial charge in [-0.05, 0) is 61.4 Å². The van der Waals surface area contributed by atoms with Crippen molar-refractivity contribution in [3.8, 4) is 11.1 Å². The molecule has 1 N–H and O–H groups in total. The Hall–Kier alpha value is -2.18. The molecule has 1 aliphatic heterocycles. The highest BCUT2D eigenvalue weighted by Crippen LogP contribution is 2.43. The van der Waals surface area contributed by atoms with E-state index in [2.05, 4.69) is 53.8 Å². The average Bonchev–Trinajstić information content (AvgIpc) is 3.07. The molecule has 3 heterocycles. The second kappa shape index (κ2) is 7.92. The van der Waals surface area contributed by atoms with Gasteiger partial charge in [-0.15, -0.1) is 11.3 Å². The summed E-state index contributed by atoms with van der Waals surface area (Å²) in [5, 5.41) is 10.6. The molecule has 0 unspecified atom stereocenters. The van der Waals surface area contributed by atoms with Crippen LogP contribution in [0.2, 0.25) is 5.28 Å². The lowest BCUT2D eigenvalue weighted by atomic mass is 9.95. The van der Waals surface area contributed by atoms with Crippen molar-refractivity contribution in [2.45, 2.75) is 40.0 Å². The minimum atomic E-state index is -0.713. The monoisotopic (exact) mass is 429 g/mol. The molecule has 0 spiro atoms. The van der Waals surface area contributed by atoms with E-state index >= 15 is 0 Å². The summed E-state index contributed by atoms with van der Waals surface area (Å²) in [7, 11) is 0. The molecule has 1 saturated heterocycles. The summed E-state index contributed by atoms with van der Waals surface area (Å²) in [5.41, 5.74) is 4.87. The van der Waals surface area contributed by atoms with Crippen LogP contribution in [0.4, 0.5) is 5.82 Å². The van der Waals surface area contributed by atoms with Crippen molar-refractivity contribution in [2.75, 3.05) is 18.0 Å². The number of thiophene rings is 1. The molecular weight excluding hydrogens is 406 g/mol. The van der Waals surface area contributed by atoms with Gasteiger partial charge in [0.2, 0.25) is 5.28 Å². The molecule has 0 bridgehead atoms. The number of nitrogens with zero attached hydrogens (tertiary/aromatic N) is 3. The zero-order valence-corrected chi connectivity index (χ0v) is 18.4. The third-order valence-electron chi connectivity index (χ3n) is 5.84. The predicted molar refractivity (Wildman–Crippen MR) is 119 cm³/mol. The van der Waals surface area contributed by atoms with E-state index in [1.807, 2.05) is 0 Å². The number of rotatable bonds is 4. The first-order valence-electron chi connectivity index (χ1n) is 9.93. The van der Waals surface area contributed by atoms with Crippen LogP contribution < -0.4 is 4.90 Å². The molecule has 0 saturated carbocycles. The molecule has 2 aromatic heterocycles. The van der Waals surface area contributed by atoms with Crippen molar-refractivity contribution in [3.63, 3.8) is 0 Å². The molecule has 3 aromatic rings. The zero-order valence-electron chi connectivity index (χ0n) is 16.8. The first-order valence-corrected chi connectivity index (χ1v) is 11.1. The van der Waals surface area contributed by atoms with Crippen molar-refractivity contribution >= 4 is 44.9 Å². The number of anilines is 1. The minimum Gasteiger partial charge on any atom is -0.481 e. The first-order chi connectivity index (χ1) is 13.9. The highest BCUT2D eigenvalue weighted by molar-refractivity contribution is 7.19. The Bertz CT molecular complexity index is 1090. The van der Waals surface area contributed by atoms with E-state index in [-0.39, 0.29) is 11.2 Å². The van der Waals surface area contributed by atoms with E-state index in [1.54, 1.807) is 11.3 Å². The molecular formula is C22H24ClN3O2S. The van der Waals surface area contributed by atoms with Crippen LogP contribution in [0.1, 0.15) is 35.8 Å². The van der Waals surface area contributed by atoms with Crippen molar-refractivity contribution in [3.05, 3.63) is 39.5 Å². The van der Waals surface area contributed by atoms with E-state index in [0.717, 1.165) is 22.5 Å². The highest BCUT2D eigenvalue weighted by Gasteiger charge is 2.28. The molecule has 4 rings (SSSR count). The summed E-state index contributed by atoms with van der Waals surface area (Å²) < 4.78 is 0. The molecule has 5 nitrogen and oxygen atoms in total. The maximum Gasteiger partial charge on any atom is 0.306 e. The number of piperidine rings is 1. The fraction of sp³-hybridized carbons (Fsp3) is 0.409. The summed E-state index contributed by atoms with van der Waals surface area (Å²) in [6.07, 6.45) is 2.13. The van der Waals surface area contributed by atoms with Crippen LogP contribution in [0.5, 0.6) is 0 Å². The van der Waals surface area contributed by atoms with Crippen LogP contribution in [0.25, 0.3) is 21.3 Å². The van der Waals surface area contributed by atoms with Gasteiger partial charge in [0.25, 0.3) is 0 Å². The van der Waals surface area contributed by atoms with Crippen LogP contribution in [-0.4, -0.2) is 34.1 Å². The lowest BCUT2D eigenvalue weighted by Gasteiger charge is -2.31.